The Labute approximate surface area is 116 Å². The van der Waals surface area contributed by atoms with E-state index < -0.39 is 5.97 Å². The molecule has 1 aromatic heterocycles. The Hall–Kier alpha value is -2.43. The summed E-state index contributed by atoms with van der Waals surface area (Å²) >= 11 is 0. The molecule has 0 saturated carbocycles. The van der Waals surface area contributed by atoms with E-state index in [0.29, 0.717) is 12.1 Å². The van der Waals surface area contributed by atoms with Crippen LogP contribution < -0.4 is 5.32 Å². The van der Waals surface area contributed by atoms with Crippen LogP contribution in [0.1, 0.15) is 21.6 Å². The summed E-state index contributed by atoms with van der Waals surface area (Å²) in [6.07, 6.45) is 1.47. The molecule has 2 rings (SSSR count). The molecule has 104 valence electrons. The van der Waals surface area contributed by atoms with Gasteiger partial charge in [-0.1, -0.05) is 0 Å². The highest BCUT2D eigenvalue weighted by Gasteiger charge is 2.05. The molecule has 5 heteroatoms. The molecule has 0 fully saturated rings. The molecule has 0 radical (unpaired) electrons. The first-order valence-electron chi connectivity index (χ1n) is 6.13. The minimum Gasteiger partial charge on any atom is -0.465 e. The lowest BCUT2D eigenvalue weighted by Crippen LogP contribution is -2.06. The lowest BCUT2D eigenvalue weighted by molar-refractivity contribution is 0.0600. The van der Waals surface area contributed by atoms with Crippen LogP contribution in [0.25, 0.3) is 0 Å². The van der Waals surface area contributed by atoms with Gasteiger partial charge in [-0.05, 0) is 42.8 Å². The molecular formula is C15H15FN2O2. The molecule has 0 saturated heterocycles. The first kappa shape index (κ1) is 14.0. The number of methoxy groups -OCH3 is 1. The number of hydrogen-bond donors (Lipinski definition) is 1. The summed E-state index contributed by atoms with van der Waals surface area (Å²) in [7, 11) is 1.33. The van der Waals surface area contributed by atoms with Crippen LogP contribution in [0.3, 0.4) is 0 Å². The quantitative estimate of drug-likeness (QED) is 0.871. The Morgan fingerprint density at radius 1 is 1.35 bits per heavy atom. The molecule has 1 heterocycles. The molecule has 2 aromatic rings. The van der Waals surface area contributed by atoms with Gasteiger partial charge in [0.1, 0.15) is 5.82 Å². The van der Waals surface area contributed by atoms with Crippen molar-refractivity contribution in [3.05, 3.63) is 59.2 Å². The zero-order chi connectivity index (χ0) is 14.5. The summed E-state index contributed by atoms with van der Waals surface area (Å²) < 4.78 is 17.6. The van der Waals surface area contributed by atoms with E-state index in [1.807, 2.05) is 6.92 Å². The number of hydrogen-bond acceptors (Lipinski definition) is 4. The SMILES string of the molecule is COC(=O)c1ccc(CNc2ccc(F)cc2C)nc1. The van der Waals surface area contributed by atoms with E-state index in [1.165, 1.54) is 25.4 Å². The minimum absolute atomic E-state index is 0.256. The molecule has 0 atom stereocenters. The normalized spacial score (nSPS) is 10.2. The van der Waals surface area contributed by atoms with Crippen LogP contribution in [0.5, 0.6) is 0 Å². The zero-order valence-electron chi connectivity index (χ0n) is 11.3. The predicted octanol–water partition coefficient (Wildman–Crippen LogP) is 2.93. The van der Waals surface area contributed by atoms with Gasteiger partial charge in [-0.15, -0.1) is 0 Å². The van der Waals surface area contributed by atoms with E-state index in [9.17, 15) is 9.18 Å². The van der Waals surface area contributed by atoms with Gasteiger partial charge in [-0.3, -0.25) is 4.98 Å². The molecule has 0 aliphatic rings. The van der Waals surface area contributed by atoms with Gasteiger partial charge in [0.05, 0.1) is 24.9 Å². The van der Waals surface area contributed by atoms with E-state index in [1.54, 1.807) is 18.2 Å². The van der Waals surface area contributed by atoms with E-state index in [4.69, 9.17) is 0 Å². The van der Waals surface area contributed by atoms with Crippen molar-refractivity contribution in [2.24, 2.45) is 0 Å². The summed E-state index contributed by atoms with van der Waals surface area (Å²) in [5.74, 6) is -0.667. The highest BCUT2D eigenvalue weighted by molar-refractivity contribution is 5.88. The van der Waals surface area contributed by atoms with Gasteiger partial charge in [0.15, 0.2) is 0 Å². The molecular weight excluding hydrogens is 259 g/mol. The highest BCUT2D eigenvalue weighted by atomic mass is 19.1. The first-order valence-corrected chi connectivity index (χ1v) is 6.13. The van der Waals surface area contributed by atoms with Crippen molar-refractivity contribution in [3.63, 3.8) is 0 Å². The van der Waals surface area contributed by atoms with Gasteiger partial charge in [-0.2, -0.15) is 0 Å². The maximum Gasteiger partial charge on any atom is 0.339 e. The number of esters is 1. The van der Waals surface area contributed by atoms with Gasteiger partial charge < -0.3 is 10.1 Å². The van der Waals surface area contributed by atoms with Crippen molar-refractivity contribution in [1.29, 1.82) is 0 Å². The Kier molecular flexibility index (Phi) is 4.30. The van der Waals surface area contributed by atoms with Gasteiger partial charge >= 0.3 is 5.97 Å². The third kappa shape index (κ3) is 3.32. The average molecular weight is 274 g/mol. The van der Waals surface area contributed by atoms with Crippen LogP contribution in [-0.2, 0) is 11.3 Å². The number of rotatable bonds is 4. The number of nitrogens with zero attached hydrogens (tertiary/aromatic N) is 1. The summed E-state index contributed by atoms with van der Waals surface area (Å²) in [6, 6.07) is 7.97. The van der Waals surface area contributed by atoms with Crippen molar-refractivity contribution >= 4 is 11.7 Å². The van der Waals surface area contributed by atoms with Crippen LogP contribution in [0.2, 0.25) is 0 Å². The smallest absolute Gasteiger partial charge is 0.339 e. The van der Waals surface area contributed by atoms with Crippen molar-refractivity contribution in [2.75, 3.05) is 12.4 Å². The fourth-order valence-corrected chi connectivity index (χ4v) is 1.78. The Bertz CT molecular complexity index is 612. The van der Waals surface area contributed by atoms with Crippen molar-refractivity contribution in [2.45, 2.75) is 13.5 Å². The van der Waals surface area contributed by atoms with Crippen LogP contribution in [0.4, 0.5) is 10.1 Å². The van der Waals surface area contributed by atoms with Crippen LogP contribution in [-0.4, -0.2) is 18.1 Å². The predicted molar refractivity (Wildman–Crippen MR) is 74.0 cm³/mol. The largest absolute Gasteiger partial charge is 0.465 e. The third-order valence-corrected chi connectivity index (χ3v) is 2.89. The molecule has 0 amide bonds. The molecule has 0 aliphatic carbocycles. The summed E-state index contributed by atoms with van der Waals surface area (Å²) in [5.41, 5.74) is 2.87. The van der Waals surface area contributed by atoms with E-state index in [2.05, 4.69) is 15.0 Å². The molecule has 20 heavy (non-hydrogen) atoms. The van der Waals surface area contributed by atoms with Gasteiger partial charge in [-0.25, -0.2) is 9.18 Å². The van der Waals surface area contributed by atoms with Crippen molar-refractivity contribution < 1.29 is 13.9 Å². The number of aromatic nitrogens is 1. The fourth-order valence-electron chi connectivity index (χ4n) is 1.78. The van der Waals surface area contributed by atoms with E-state index in [-0.39, 0.29) is 5.82 Å². The van der Waals surface area contributed by atoms with Crippen molar-refractivity contribution in [1.82, 2.24) is 4.98 Å². The number of aryl methyl sites for hydroxylation is 1. The van der Waals surface area contributed by atoms with E-state index in [0.717, 1.165) is 16.9 Å². The van der Waals surface area contributed by atoms with E-state index >= 15 is 0 Å². The summed E-state index contributed by atoms with van der Waals surface area (Å²) in [4.78, 5) is 15.4. The van der Waals surface area contributed by atoms with Gasteiger partial charge in [0, 0.05) is 11.9 Å². The molecule has 0 bridgehead atoms. The Morgan fingerprint density at radius 3 is 2.75 bits per heavy atom. The lowest BCUT2D eigenvalue weighted by atomic mass is 10.2. The Balaban J connectivity index is 2.02. The number of halogens is 1. The topological polar surface area (TPSA) is 51.2 Å². The van der Waals surface area contributed by atoms with Gasteiger partial charge in [0.25, 0.3) is 0 Å². The molecule has 0 unspecified atom stereocenters. The van der Waals surface area contributed by atoms with Crippen LogP contribution in [0.15, 0.2) is 36.5 Å². The maximum absolute atomic E-state index is 13.0. The second-order valence-corrected chi connectivity index (χ2v) is 4.34. The number of nitrogens with one attached hydrogen (secondary N) is 1. The maximum atomic E-state index is 13.0. The van der Waals surface area contributed by atoms with Crippen LogP contribution in [0, 0.1) is 12.7 Å². The molecule has 0 spiro atoms. The molecule has 1 aromatic carbocycles. The number of carbonyl (C=O) groups excluding carboxylic acids is 1. The van der Waals surface area contributed by atoms with Crippen molar-refractivity contribution in [3.8, 4) is 0 Å². The molecule has 4 nitrogen and oxygen atoms in total. The zero-order valence-corrected chi connectivity index (χ0v) is 11.3. The average Bonchev–Trinajstić information content (AvgIpc) is 2.46. The number of carbonyl (C=O) groups is 1. The summed E-state index contributed by atoms with van der Waals surface area (Å²) in [6.45, 7) is 2.33. The fraction of sp³-hybridized carbons (Fsp3) is 0.200. The number of anilines is 1. The number of benzene rings is 1. The Morgan fingerprint density at radius 2 is 2.15 bits per heavy atom. The third-order valence-electron chi connectivity index (χ3n) is 2.89. The monoisotopic (exact) mass is 274 g/mol. The summed E-state index contributed by atoms with van der Waals surface area (Å²) in [5, 5.41) is 3.17. The highest BCUT2D eigenvalue weighted by Crippen LogP contribution is 2.16. The molecule has 1 N–H and O–H groups in total. The standard InChI is InChI=1S/C15H15FN2O2/c1-10-7-12(16)4-6-14(10)18-9-13-5-3-11(8-17-13)15(19)20-2/h3-8,18H,9H2,1-2H3. The minimum atomic E-state index is -0.411. The second kappa shape index (κ2) is 6.14. The molecule has 0 aliphatic heterocycles. The van der Waals surface area contributed by atoms with Gasteiger partial charge in [0.2, 0.25) is 0 Å². The second-order valence-electron chi connectivity index (χ2n) is 4.34. The number of ether oxygens (including phenoxy) is 1. The first-order chi connectivity index (χ1) is 9.60. The number of pyridine rings is 1. The lowest BCUT2D eigenvalue weighted by Gasteiger charge is -2.09. The van der Waals surface area contributed by atoms with Crippen LogP contribution >= 0.6 is 0 Å².